The minimum atomic E-state index is -0.0550. The van der Waals surface area contributed by atoms with Crippen LogP contribution in [0.3, 0.4) is 0 Å². The fraction of sp³-hybridized carbons (Fsp3) is 0.333. The number of likely N-dealkylation sites (tertiary alicyclic amines) is 1. The van der Waals surface area contributed by atoms with Gasteiger partial charge in [0, 0.05) is 29.2 Å². The molecule has 0 atom stereocenters. The third-order valence-electron chi connectivity index (χ3n) is 4.02. The van der Waals surface area contributed by atoms with Crippen LogP contribution in [0.25, 0.3) is 0 Å². The second kappa shape index (κ2) is 7.97. The van der Waals surface area contributed by atoms with E-state index in [4.69, 9.17) is 0 Å². The molecule has 5 nitrogen and oxygen atoms in total. The predicted molar refractivity (Wildman–Crippen MR) is 96.2 cm³/mol. The maximum absolute atomic E-state index is 12.3. The molecule has 126 valence electrons. The molecule has 1 aromatic carbocycles. The van der Waals surface area contributed by atoms with Crippen molar-refractivity contribution in [2.75, 3.05) is 25.0 Å². The van der Waals surface area contributed by atoms with Crippen LogP contribution in [0, 0.1) is 0 Å². The highest BCUT2D eigenvalue weighted by Crippen LogP contribution is 2.15. The second-order valence-electron chi connectivity index (χ2n) is 5.79. The number of carbonyl (C=O) groups is 2. The Morgan fingerprint density at radius 1 is 1.08 bits per heavy atom. The topological polar surface area (TPSA) is 61.4 Å². The number of hydrogen-bond acceptors (Lipinski definition) is 4. The number of amides is 2. The Hall–Kier alpha value is -2.34. The van der Waals surface area contributed by atoms with Gasteiger partial charge in [0.2, 0.25) is 5.91 Å². The fourth-order valence-electron chi connectivity index (χ4n) is 2.68. The fourth-order valence-corrected chi connectivity index (χ4v) is 3.32. The highest BCUT2D eigenvalue weighted by atomic mass is 32.1. The molecule has 0 aliphatic carbocycles. The third kappa shape index (κ3) is 4.35. The van der Waals surface area contributed by atoms with Crippen LogP contribution in [-0.4, -0.2) is 36.3 Å². The highest BCUT2D eigenvalue weighted by molar-refractivity contribution is 7.09. The van der Waals surface area contributed by atoms with Crippen LogP contribution in [0.2, 0.25) is 0 Å². The van der Waals surface area contributed by atoms with Crippen LogP contribution in [0.1, 0.15) is 28.1 Å². The van der Waals surface area contributed by atoms with Crippen molar-refractivity contribution < 1.29 is 9.59 Å². The minimum Gasteiger partial charge on any atom is -0.376 e. The van der Waals surface area contributed by atoms with Crippen molar-refractivity contribution in [3.8, 4) is 0 Å². The summed E-state index contributed by atoms with van der Waals surface area (Å²) in [6, 6.07) is 11.3. The molecule has 3 rings (SSSR count). The number of rotatable bonds is 6. The van der Waals surface area contributed by atoms with Crippen molar-refractivity contribution in [2.45, 2.75) is 19.4 Å². The first kappa shape index (κ1) is 16.5. The van der Waals surface area contributed by atoms with E-state index >= 15 is 0 Å². The molecular formula is C18H21N3O2S. The van der Waals surface area contributed by atoms with Gasteiger partial charge in [0.25, 0.3) is 5.91 Å². The number of benzene rings is 1. The summed E-state index contributed by atoms with van der Waals surface area (Å²) in [7, 11) is 0. The summed E-state index contributed by atoms with van der Waals surface area (Å²) in [5.41, 5.74) is 1.53. The molecule has 0 bridgehead atoms. The summed E-state index contributed by atoms with van der Waals surface area (Å²) >= 11 is 1.62. The van der Waals surface area contributed by atoms with Gasteiger partial charge in [-0.3, -0.25) is 9.59 Å². The number of hydrogen-bond donors (Lipinski definition) is 2. The summed E-state index contributed by atoms with van der Waals surface area (Å²) in [6.07, 6.45) is 2.18. The number of nitrogens with one attached hydrogen (secondary N) is 2. The van der Waals surface area contributed by atoms with Crippen molar-refractivity contribution in [2.24, 2.45) is 0 Å². The van der Waals surface area contributed by atoms with Crippen LogP contribution < -0.4 is 10.6 Å². The lowest BCUT2D eigenvalue weighted by atomic mass is 10.2. The predicted octanol–water partition coefficient (Wildman–Crippen LogP) is 2.71. The maximum Gasteiger partial charge on any atom is 0.253 e. The standard InChI is InChI=1S/C18H21N3O2S/c22-17(20-12-16-4-3-11-24-16)13-19-15-7-5-14(6-8-15)18(23)21-9-1-2-10-21/h3-8,11,19H,1-2,9-10,12-13H2,(H,20,22). The molecule has 0 radical (unpaired) electrons. The average Bonchev–Trinajstić information content (AvgIpc) is 3.31. The normalized spacial score (nSPS) is 13.8. The van der Waals surface area contributed by atoms with Crippen LogP contribution in [0.4, 0.5) is 5.69 Å². The Morgan fingerprint density at radius 2 is 1.83 bits per heavy atom. The van der Waals surface area contributed by atoms with Crippen molar-refractivity contribution in [1.82, 2.24) is 10.2 Å². The van der Waals surface area contributed by atoms with E-state index in [-0.39, 0.29) is 18.4 Å². The van der Waals surface area contributed by atoms with Crippen LogP contribution >= 0.6 is 11.3 Å². The molecule has 24 heavy (non-hydrogen) atoms. The van der Waals surface area contributed by atoms with Crippen molar-refractivity contribution in [3.05, 3.63) is 52.2 Å². The molecule has 0 unspecified atom stereocenters. The van der Waals surface area contributed by atoms with E-state index in [1.807, 2.05) is 46.7 Å². The van der Waals surface area contributed by atoms with Gasteiger partial charge in [-0.05, 0) is 48.6 Å². The lowest BCUT2D eigenvalue weighted by Gasteiger charge is -2.15. The molecule has 1 aromatic heterocycles. The van der Waals surface area contributed by atoms with E-state index in [2.05, 4.69) is 10.6 Å². The summed E-state index contributed by atoms with van der Waals surface area (Å²) in [5, 5.41) is 7.94. The largest absolute Gasteiger partial charge is 0.376 e. The van der Waals surface area contributed by atoms with Gasteiger partial charge in [-0.15, -0.1) is 11.3 Å². The molecule has 2 amide bonds. The third-order valence-corrected chi connectivity index (χ3v) is 4.89. The van der Waals surface area contributed by atoms with E-state index in [1.54, 1.807) is 11.3 Å². The van der Waals surface area contributed by atoms with Gasteiger partial charge in [-0.1, -0.05) is 6.07 Å². The molecule has 6 heteroatoms. The SMILES string of the molecule is O=C(CNc1ccc(C(=O)N2CCCC2)cc1)NCc1cccs1. The lowest BCUT2D eigenvalue weighted by Crippen LogP contribution is -2.29. The zero-order chi connectivity index (χ0) is 16.8. The number of carbonyl (C=O) groups excluding carboxylic acids is 2. The first-order valence-corrected chi connectivity index (χ1v) is 9.02. The van der Waals surface area contributed by atoms with Crippen LogP contribution in [0.5, 0.6) is 0 Å². The van der Waals surface area contributed by atoms with Crippen molar-refractivity contribution in [3.63, 3.8) is 0 Å². The zero-order valence-electron chi connectivity index (χ0n) is 13.5. The number of anilines is 1. The molecule has 2 aromatic rings. The Balaban J connectivity index is 1.45. The van der Waals surface area contributed by atoms with E-state index in [9.17, 15) is 9.59 Å². The summed E-state index contributed by atoms with van der Waals surface area (Å²) in [4.78, 5) is 27.1. The van der Waals surface area contributed by atoms with Crippen LogP contribution in [0.15, 0.2) is 41.8 Å². The van der Waals surface area contributed by atoms with E-state index in [0.29, 0.717) is 12.1 Å². The molecule has 2 heterocycles. The van der Waals surface area contributed by atoms with E-state index in [0.717, 1.165) is 36.5 Å². The van der Waals surface area contributed by atoms with Gasteiger partial charge in [0.15, 0.2) is 0 Å². The molecule has 1 saturated heterocycles. The second-order valence-corrected chi connectivity index (χ2v) is 6.82. The average molecular weight is 343 g/mol. The number of thiophene rings is 1. The van der Waals surface area contributed by atoms with Gasteiger partial charge in [0.1, 0.15) is 0 Å². The Bertz CT molecular complexity index is 677. The van der Waals surface area contributed by atoms with Crippen molar-refractivity contribution in [1.29, 1.82) is 0 Å². The molecule has 1 aliphatic heterocycles. The number of nitrogens with zero attached hydrogens (tertiary/aromatic N) is 1. The summed E-state index contributed by atoms with van der Waals surface area (Å²) in [5.74, 6) is 0.0355. The smallest absolute Gasteiger partial charge is 0.253 e. The molecular weight excluding hydrogens is 322 g/mol. The zero-order valence-corrected chi connectivity index (χ0v) is 14.3. The molecule has 0 saturated carbocycles. The Kier molecular flexibility index (Phi) is 5.48. The minimum absolute atomic E-state index is 0.0550. The highest BCUT2D eigenvalue weighted by Gasteiger charge is 2.19. The molecule has 2 N–H and O–H groups in total. The molecule has 1 aliphatic rings. The maximum atomic E-state index is 12.3. The molecule has 0 spiro atoms. The van der Waals surface area contributed by atoms with E-state index < -0.39 is 0 Å². The first-order chi connectivity index (χ1) is 11.7. The Morgan fingerprint density at radius 3 is 2.50 bits per heavy atom. The monoisotopic (exact) mass is 343 g/mol. The first-order valence-electron chi connectivity index (χ1n) is 8.15. The Labute approximate surface area is 145 Å². The van der Waals surface area contributed by atoms with Crippen molar-refractivity contribution >= 4 is 28.8 Å². The van der Waals surface area contributed by atoms with Crippen LogP contribution in [-0.2, 0) is 11.3 Å². The summed E-state index contributed by atoms with van der Waals surface area (Å²) < 4.78 is 0. The van der Waals surface area contributed by atoms with Gasteiger partial charge >= 0.3 is 0 Å². The van der Waals surface area contributed by atoms with Gasteiger partial charge < -0.3 is 15.5 Å². The van der Waals surface area contributed by atoms with E-state index in [1.165, 1.54) is 0 Å². The van der Waals surface area contributed by atoms with Gasteiger partial charge in [-0.25, -0.2) is 0 Å². The van der Waals surface area contributed by atoms with Gasteiger partial charge in [0.05, 0.1) is 13.1 Å². The lowest BCUT2D eigenvalue weighted by molar-refractivity contribution is -0.119. The van der Waals surface area contributed by atoms with Gasteiger partial charge in [-0.2, -0.15) is 0 Å². The quantitative estimate of drug-likeness (QED) is 0.848. The summed E-state index contributed by atoms with van der Waals surface area (Å²) in [6.45, 7) is 2.47. The molecule has 1 fully saturated rings.